The second kappa shape index (κ2) is 34.0. The lowest BCUT2D eigenvalue weighted by Crippen LogP contribution is -2.66. The predicted octanol–water partition coefficient (Wildman–Crippen LogP) is 1.48. The molecule has 3 saturated heterocycles. The number of nitrogens with one attached hydrogen (secondary N) is 1. The van der Waals surface area contributed by atoms with E-state index in [0.717, 1.165) is 44.9 Å². The molecule has 0 spiro atoms. The van der Waals surface area contributed by atoms with E-state index in [9.17, 15) is 61.0 Å². The fraction of sp³-hybridized carbons (Fsp3) is 0.938. The Bertz CT molecular complexity index is 1300. The maximum absolute atomic E-state index is 13.1. The molecule has 67 heavy (non-hydrogen) atoms. The Morgan fingerprint density at radius 3 is 1.40 bits per heavy atom. The van der Waals surface area contributed by atoms with Crippen molar-refractivity contribution in [3.05, 3.63) is 12.2 Å². The number of hydrogen-bond acceptors (Lipinski definition) is 18. The van der Waals surface area contributed by atoms with Crippen LogP contribution in [0.3, 0.4) is 0 Å². The van der Waals surface area contributed by atoms with Gasteiger partial charge in [0.15, 0.2) is 18.9 Å². The number of aliphatic hydroxyl groups is 11. The number of rotatable bonds is 35. The molecule has 0 saturated carbocycles. The van der Waals surface area contributed by atoms with Gasteiger partial charge in [0, 0.05) is 6.42 Å². The normalized spacial score (nSPS) is 33.5. The van der Waals surface area contributed by atoms with Gasteiger partial charge in [-0.1, -0.05) is 142 Å². The van der Waals surface area contributed by atoms with E-state index in [1.54, 1.807) is 6.08 Å². The molecule has 0 aromatic carbocycles. The summed E-state index contributed by atoms with van der Waals surface area (Å²) in [6.07, 6.45) is 1.44. The van der Waals surface area contributed by atoms with Gasteiger partial charge < -0.3 is 89.9 Å². The van der Waals surface area contributed by atoms with Gasteiger partial charge in [-0.05, 0) is 19.3 Å². The number of aliphatic hydroxyl groups excluding tert-OH is 11. The summed E-state index contributed by atoms with van der Waals surface area (Å²) in [4.78, 5) is 13.1. The second-order valence-electron chi connectivity index (χ2n) is 18.6. The van der Waals surface area contributed by atoms with E-state index in [1.165, 1.54) is 83.5 Å². The summed E-state index contributed by atoms with van der Waals surface area (Å²) < 4.78 is 34.0. The largest absolute Gasteiger partial charge is 0.394 e. The molecule has 0 radical (unpaired) electrons. The van der Waals surface area contributed by atoms with Gasteiger partial charge in [-0.2, -0.15) is 0 Å². The lowest BCUT2D eigenvalue weighted by molar-refractivity contribution is -0.379. The fourth-order valence-electron chi connectivity index (χ4n) is 8.78. The lowest BCUT2D eigenvalue weighted by atomic mass is 9.96. The van der Waals surface area contributed by atoms with Crippen molar-refractivity contribution in [2.75, 3.05) is 26.4 Å². The molecule has 17 atom stereocenters. The molecule has 3 fully saturated rings. The SMILES string of the molecule is CCCCC/C=C/C(O)C(COC1OC(CO)C(OC2OC(CO)C(OC3OC(CO)C(O)C(O)C3O)C(O)C2O)C(O)C1O)NC(=O)CCCCCCCCCCCCCCCCCCC. The second-order valence-corrected chi connectivity index (χ2v) is 18.6. The first kappa shape index (κ1) is 59.8. The quantitative estimate of drug-likeness (QED) is 0.0316. The number of allylic oxidation sites excluding steroid dienone is 1. The van der Waals surface area contributed by atoms with Crippen molar-refractivity contribution in [3.63, 3.8) is 0 Å². The Balaban J connectivity index is 1.49. The van der Waals surface area contributed by atoms with Crippen LogP contribution in [0.2, 0.25) is 0 Å². The monoisotopic (exact) mass is 968 g/mol. The van der Waals surface area contributed by atoms with E-state index in [2.05, 4.69) is 19.2 Å². The standard InChI is InChI=1S/C48H89NO18/c1-3-5-7-9-10-11-12-13-14-15-16-17-18-19-20-22-24-26-36(54)49-31(32(53)25-23-21-8-6-4-2)30-62-46-42(60)39(57)44(34(28-51)64-46)67-48-43(61)40(58)45(35(29-52)65-48)66-47-41(59)38(56)37(55)33(27-50)63-47/h23,25,31-35,37-48,50-53,55-61H,3-22,24,26-30H2,1-2H3,(H,49,54)/b25-23+. The topological polar surface area (TPSA) is 307 Å². The van der Waals surface area contributed by atoms with E-state index in [-0.39, 0.29) is 18.9 Å². The molecule has 394 valence electrons. The smallest absolute Gasteiger partial charge is 0.220 e. The minimum atomic E-state index is -1.97. The number of carbonyl (C=O) groups excluding carboxylic acids is 1. The van der Waals surface area contributed by atoms with Gasteiger partial charge in [0.2, 0.25) is 5.91 Å². The van der Waals surface area contributed by atoms with Crippen molar-refractivity contribution in [1.82, 2.24) is 5.32 Å². The zero-order valence-electron chi connectivity index (χ0n) is 40.1. The Hall–Kier alpha value is -1.47. The maximum atomic E-state index is 13.1. The molecule has 19 nitrogen and oxygen atoms in total. The minimum Gasteiger partial charge on any atom is -0.394 e. The molecule has 0 bridgehead atoms. The van der Waals surface area contributed by atoms with Crippen molar-refractivity contribution < 1.29 is 89.4 Å². The fourth-order valence-corrected chi connectivity index (χ4v) is 8.78. The van der Waals surface area contributed by atoms with Crippen LogP contribution in [0.4, 0.5) is 0 Å². The van der Waals surface area contributed by atoms with Crippen LogP contribution in [-0.4, -0.2) is 193 Å². The van der Waals surface area contributed by atoms with Gasteiger partial charge in [0.1, 0.15) is 73.2 Å². The molecule has 0 aromatic rings. The first-order valence-electron chi connectivity index (χ1n) is 25.4. The third-order valence-corrected chi connectivity index (χ3v) is 13.1. The Kier molecular flexibility index (Phi) is 30.4. The van der Waals surface area contributed by atoms with E-state index in [4.69, 9.17) is 28.4 Å². The zero-order valence-corrected chi connectivity index (χ0v) is 40.1. The molecule has 12 N–H and O–H groups in total. The third-order valence-electron chi connectivity index (χ3n) is 13.1. The van der Waals surface area contributed by atoms with Gasteiger partial charge >= 0.3 is 0 Å². The van der Waals surface area contributed by atoms with E-state index >= 15 is 0 Å². The van der Waals surface area contributed by atoms with Crippen molar-refractivity contribution >= 4 is 5.91 Å². The van der Waals surface area contributed by atoms with Gasteiger partial charge in [-0.3, -0.25) is 4.79 Å². The average molecular weight is 968 g/mol. The van der Waals surface area contributed by atoms with Crippen LogP contribution >= 0.6 is 0 Å². The summed E-state index contributed by atoms with van der Waals surface area (Å²) in [6, 6.07) is -0.962. The maximum Gasteiger partial charge on any atom is 0.220 e. The van der Waals surface area contributed by atoms with E-state index in [0.29, 0.717) is 6.42 Å². The van der Waals surface area contributed by atoms with Crippen LogP contribution in [0.15, 0.2) is 12.2 Å². The van der Waals surface area contributed by atoms with Gasteiger partial charge in [-0.25, -0.2) is 0 Å². The summed E-state index contributed by atoms with van der Waals surface area (Å²) in [6.45, 7) is 1.57. The highest BCUT2D eigenvalue weighted by atomic mass is 16.8. The minimum absolute atomic E-state index is 0.246. The van der Waals surface area contributed by atoms with Crippen molar-refractivity contribution in [1.29, 1.82) is 0 Å². The summed E-state index contributed by atoms with van der Waals surface area (Å²) in [7, 11) is 0. The van der Waals surface area contributed by atoms with Gasteiger partial charge in [0.25, 0.3) is 0 Å². The van der Waals surface area contributed by atoms with Gasteiger partial charge in [-0.15, -0.1) is 0 Å². The highest BCUT2D eigenvalue weighted by Gasteiger charge is 2.53. The van der Waals surface area contributed by atoms with E-state index < -0.39 is 124 Å². The molecule has 19 heteroatoms. The number of hydrogen-bond donors (Lipinski definition) is 12. The molecule has 3 aliphatic rings. The number of ether oxygens (including phenoxy) is 6. The summed E-state index contributed by atoms with van der Waals surface area (Å²) in [5, 5.41) is 119. The number of amides is 1. The highest BCUT2D eigenvalue weighted by Crippen LogP contribution is 2.33. The molecule has 3 rings (SSSR count). The Morgan fingerprint density at radius 1 is 0.522 bits per heavy atom. The number of carbonyl (C=O) groups is 1. The predicted molar refractivity (Wildman–Crippen MR) is 245 cm³/mol. The first-order chi connectivity index (χ1) is 32.3. The zero-order chi connectivity index (χ0) is 49.1. The van der Waals surface area contributed by atoms with Crippen LogP contribution in [0.5, 0.6) is 0 Å². The summed E-state index contributed by atoms with van der Waals surface area (Å²) in [5.74, 6) is -0.282. The average Bonchev–Trinajstić information content (AvgIpc) is 3.32. The lowest BCUT2D eigenvalue weighted by Gasteiger charge is -2.48. The molecule has 0 aromatic heterocycles. The molecular formula is C48H89NO18. The summed E-state index contributed by atoms with van der Waals surface area (Å²) >= 11 is 0. The van der Waals surface area contributed by atoms with Crippen molar-refractivity contribution in [2.24, 2.45) is 0 Å². The molecule has 3 aliphatic heterocycles. The van der Waals surface area contributed by atoms with Crippen LogP contribution in [0, 0.1) is 0 Å². The Morgan fingerprint density at radius 2 is 0.925 bits per heavy atom. The number of unbranched alkanes of at least 4 members (excludes halogenated alkanes) is 19. The van der Waals surface area contributed by atoms with Crippen LogP contribution < -0.4 is 5.32 Å². The van der Waals surface area contributed by atoms with E-state index in [1.807, 2.05) is 6.08 Å². The first-order valence-corrected chi connectivity index (χ1v) is 25.4. The van der Waals surface area contributed by atoms with Gasteiger partial charge in [0.05, 0.1) is 38.6 Å². The van der Waals surface area contributed by atoms with Crippen LogP contribution in [0.25, 0.3) is 0 Å². The Labute approximate surface area is 397 Å². The summed E-state index contributed by atoms with van der Waals surface area (Å²) in [5.41, 5.74) is 0. The molecule has 3 heterocycles. The van der Waals surface area contributed by atoms with Crippen LogP contribution in [-0.2, 0) is 33.2 Å². The molecule has 0 aliphatic carbocycles. The molecular weight excluding hydrogens is 879 g/mol. The highest BCUT2D eigenvalue weighted by molar-refractivity contribution is 5.76. The third kappa shape index (κ3) is 20.3. The molecule has 1 amide bonds. The van der Waals surface area contributed by atoms with Crippen molar-refractivity contribution in [2.45, 2.75) is 259 Å². The van der Waals surface area contributed by atoms with Crippen LogP contribution in [0.1, 0.15) is 155 Å². The molecule has 17 unspecified atom stereocenters. The van der Waals surface area contributed by atoms with Crippen molar-refractivity contribution in [3.8, 4) is 0 Å².